The number of anilines is 1. The number of hydrogen-bond acceptors (Lipinski definition) is 5. The Kier molecular flexibility index (Phi) is 5.37. The summed E-state index contributed by atoms with van der Waals surface area (Å²) in [6.45, 7) is 3.12. The second kappa shape index (κ2) is 8.63. The van der Waals surface area contributed by atoms with Crippen molar-refractivity contribution in [2.45, 2.75) is 13.3 Å². The van der Waals surface area contributed by atoms with E-state index in [1.807, 2.05) is 71.4 Å². The van der Waals surface area contributed by atoms with Crippen molar-refractivity contribution in [2.75, 3.05) is 25.1 Å². The minimum Gasteiger partial charge on any atom is -0.486 e. The number of nitrogens with one attached hydrogen (secondary N) is 1. The summed E-state index contributed by atoms with van der Waals surface area (Å²) >= 11 is 0. The molecule has 0 saturated carbocycles. The zero-order chi connectivity index (χ0) is 21.9. The van der Waals surface area contributed by atoms with E-state index in [1.54, 1.807) is 0 Å². The van der Waals surface area contributed by atoms with Crippen LogP contribution in [0.4, 0.5) is 5.69 Å². The topological polar surface area (TPSA) is 74.1 Å². The number of aromatic nitrogens is 2. The highest BCUT2D eigenvalue weighted by Gasteiger charge is 2.14. The number of hydrogen-bond donors (Lipinski definition) is 1. The number of carbonyl (C=O) groups is 1. The van der Waals surface area contributed by atoms with Gasteiger partial charge in [-0.1, -0.05) is 19.1 Å². The normalized spacial score (nSPS) is 12.5. The Morgan fingerprint density at radius 2 is 1.94 bits per heavy atom. The number of aryl methyl sites for hydroxylation is 1. The number of amides is 1. The SMILES string of the molecule is CCc1cccc(OCC(=O)Nc2ccc3nc(-c4ccc5c(c4)OCCO5)cn3c2)c1. The molecule has 1 N–H and O–H groups in total. The van der Waals surface area contributed by atoms with Gasteiger partial charge in [0.15, 0.2) is 18.1 Å². The summed E-state index contributed by atoms with van der Waals surface area (Å²) in [7, 11) is 0. The lowest BCUT2D eigenvalue weighted by Crippen LogP contribution is -2.20. The van der Waals surface area contributed by atoms with Crippen LogP contribution in [0.1, 0.15) is 12.5 Å². The zero-order valence-electron chi connectivity index (χ0n) is 17.7. The Morgan fingerprint density at radius 1 is 1.06 bits per heavy atom. The van der Waals surface area contributed by atoms with Crippen molar-refractivity contribution in [1.29, 1.82) is 0 Å². The second-order valence-corrected chi connectivity index (χ2v) is 7.51. The molecule has 0 fully saturated rings. The molecular formula is C25H23N3O4. The smallest absolute Gasteiger partial charge is 0.262 e. The van der Waals surface area contributed by atoms with Crippen LogP contribution in [-0.4, -0.2) is 35.1 Å². The number of carbonyl (C=O) groups excluding carboxylic acids is 1. The van der Waals surface area contributed by atoms with Crippen molar-refractivity contribution in [2.24, 2.45) is 0 Å². The van der Waals surface area contributed by atoms with Gasteiger partial charge in [0, 0.05) is 18.0 Å². The molecule has 7 nitrogen and oxygen atoms in total. The summed E-state index contributed by atoms with van der Waals surface area (Å²) in [5.41, 5.74) is 4.36. The van der Waals surface area contributed by atoms with E-state index in [0.717, 1.165) is 34.8 Å². The molecule has 4 aromatic rings. The van der Waals surface area contributed by atoms with Gasteiger partial charge in [-0.3, -0.25) is 4.79 Å². The summed E-state index contributed by atoms with van der Waals surface area (Å²) in [5, 5.41) is 2.87. The monoisotopic (exact) mass is 429 g/mol. The van der Waals surface area contributed by atoms with E-state index >= 15 is 0 Å². The summed E-state index contributed by atoms with van der Waals surface area (Å²) < 4.78 is 18.8. The van der Waals surface area contributed by atoms with Gasteiger partial charge in [-0.25, -0.2) is 4.98 Å². The molecule has 1 aliphatic rings. The van der Waals surface area contributed by atoms with E-state index < -0.39 is 0 Å². The van der Waals surface area contributed by atoms with Crippen LogP contribution in [0.25, 0.3) is 16.9 Å². The molecule has 0 aliphatic carbocycles. The summed E-state index contributed by atoms with van der Waals surface area (Å²) in [6.07, 6.45) is 4.67. The fraction of sp³-hybridized carbons (Fsp3) is 0.200. The van der Waals surface area contributed by atoms with Crippen molar-refractivity contribution in [3.05, 3.63) is 72.6 Å². The van der Waals surface area contributed by atoms with Crippen LogP contribution >= 0.6 is 0 Å². The van der Waals surface area contributed by atoms with Crippen LogP contribution in [-0.2, 0) is 11.2 Å². The first-order chi connectivity index (χ1) is 15.7. The van der Waals surface area contributed by atoms with Crippen LogP contribution < -0.4 is 19.5 Å². The van der Waals surface area contributed by atoms with Gasteiger partial charge in [0.05, 0.1) is 11.4 Å². The number of pyridine rings is 1. The van der Waals surface area contributed by atoms with Gasteiger partial charge in [0.2, 0.25) is 0 Å². The minimum atomic E-state index is -0.224. The largest absolute Gasteiger partial charge is 0.486 e. The predicted octanol–water partition coefficient (Wildman–Crippen LogP) is 4.35. The van der Waals surface area contributed by atoms with E-state index in [9.17, 15) is 4.79 Å². The van der Waals surface area contributed by atoms with Gasteiger partial charge < -0.3 is 23.9 Å². The predicted molar refractivity (Wildman–Crippen MR) is 122 cm³/mol. The molecule has 2 aromatic carbocycles. The van der Waals surface area contributed by atoms with Gasteiger partial charge in [0.1, 0.15) is 24.6 Å². The van der Waals surface area contributed by atoms with Crippen LogP contribution in [0.2, 0.25) is 0 Å². The van der Waals surface area contributed by atoms with Crippen molar-refractivity contribution in [1.82, 2.24) is 9.38 Å². The first-order valence-electron chi connectivity index (χ1n) is 10.6. The van der Waals surface area contributed by atoms with Gasteiger partial charge in [-0.15, -0.1) is 0 Å². The number of fused-ring (bicyclic) bond motifs is 2. The molecule has 2 aromatic heterocycles. The van der Waals surface area contributed by atoms with Crippen LogP contribution in [0.15, 0.2) is 67.0 Å². The van der Waals surface area contributed by atoms with Gasteiger partial charge in [-0.2, -0.15) is 0 Å². The average molecular weight is 429 g/mol. The molecule has 1 amide bonds. The Labute approximate surface area is 185 Å². The highest BCUT2D eigenvalue weighted by atomic mass is 16.6. The average Bonchev–Trinajstić information content (AvgIpc) is 3.26. The summed E-state index contributed by atoms with van der Waals surface area (Å²) in [6, 6.07) is 17.2. The molecule has 0 unspecified atom stereocenters. The van der Waals surface area contributed by atoms with Gasteiger partial charge >= 0.3 is 0 Å². The van der Waals surface area contributed by atoms with Gasteiger partial charge in [-0.05, 0) is 54.4 Å². The van der Waals surface area contributed by atoms with Crippen LogP contribution in [0.5, 0.6) is 17.2 Å². The third-order valence-electron chi connectivity index (χ3n) is 5.25. The van der Waals surface area contributed by atoms with E-state index in [2.05, 4.69) is 17.2 Å². The minimum absolute atomic E-state index is 0.0580. The third-order valence-corrected chi connectivity index (χ3v) is 5.25. The van der Waals surface area contributed by atoms with Crippen molar-refractivity contribution < 1.29 is 19.0 Å². The fourth-order valence-corrected chi connectivity index (χ4v) is 3.61. The Hall–Kier alpha value is -4.00. The lowest BCUT2D eigenvalue weighted by atomic mass is 10.1. The first-order valence-corrected chi connectivity index (χ1v) is 10.6. The number of nitrogens with zero attached hydrogens (tertiary/aromatic N) is 2. The van der Waals surface area contributed by atoms with Crippen molar-refractivity contribution >= 4 is 17.2 Å². The molecule has 162 valence electrons. The maximum absolute atomic E-state index is 12.4. The van der Waals surface area contributed by atoms with E-state index in [1.165, 1.54) is 5.56 Å². The molecule has 0 spiro atoms. The molecule has 0 radical (unpaired) electrons. The van der Waals surface area contributed by atoms with Crippen LogP contribution in [0.3, 0.4) is 0 Å². The van der Waals surface area contributed by atoms with E-state index in [0.29, 0.717) is 24.7 Å². The Morgan fingerprint density at radius 3 is 2.81 bits per heavy atom. The lowest BCUT2D eigenvalue weighted by Gasteiger charge is -2.18. The maximum Gasteiger partial charge on any atom is 0.262 e. The van der Waals surface area contributed by atoms with Crippen LogP contribution in [0, 0.1) is 0 Å². The highest BCUT2D eigenvalue weighted by molar-refractivity contribution is 5.91. The molecule has 0 saturated heterocycles. The lowest BCUT2D eigenvalue weighted by molar-refractivity contribution is -0.118. The van der Waals surface area contributed by atoms with Crippen molar-refractivity contribution in [3.63, 3.8) is 0 Å². The molecule has 5 rings (SSSR count). The van der Waals surface area contributed by atoms with E-state index in [-0.39, 0.29) is 12.5 Å². The molecule has 0 atom stereocenters. The molecule has 0 bridgehead atoms. The summed E-state index contributed by atoms with van der Waals surface area (Å²) in [4.78, 5) is 17.0. The number of benzene rings is 2. The number of ether oxygens (including phenoxy) is 3. The molecule has 1 aliphatic heterocycles. The van der Waals surface area contributed by atoms with E-state index in [4.69, 9.17) is 14.2 Å². The number of imidazole rings is 1. The number of rotatable bonds is 6. The van der Waals surface area contributed by atoms with Crippen molar-refractivity contribution in [3.8, 4) is 28.5 Å². The highest BCUT2D eigenvalue weighted by Crippen LogP contribution is 2.34. The first kappa shape index (κ1) is 19.9. The molecule has 7 heteroatoms. The second-order valence-electron chi connectivity index (χ2n) is 7.51. The Balaban J connectivity index is 1.28. The molecular weight excluding hydrogens is 406 g/mol. The zero-order valence-corrected chi connectivity index (χ0v) is 17.7. The summed E-state index contributed by atoms with van der Waals surface area (Å²) in [5.74, 6) is 1.94. The fourth-order valence-electron chi connectivity index (χ4n) is 3.61. The standard InChI is InChI=1S/C25H23N3O4/c1-2-17-4-3-5-20(12-17)32-16-25(29)26-19-7-9-24-27-21(15-28(24)14-19)18-6-8-22-23(13-18)31-11-10-30-22/h3-9,12-15H,2,10-11,16H2,1H3,(H,26,29). The molecule has 3 heterocycles. The maximum atomic E-state index is 12.4. The third kappa shape index (κ3) is 4.23. The molecule has 32 heavy (non-hydrogen) atoms. The van der Waals surface area contributed by atoms with Gasteiger partial charge in [0.25, 0.3) is 5.91 Å². The quantitative estimate of drug-likeness (QED) is 0.493. The Bertz CT molecular complexity index is 1280.